The average molecular weight is 247 g/mol. The number of aliphatic hydroxyl groups is 1. The zero-order chi connectivity index (χ0) is 13.1. The van der Waals surface area contributed by atoms with Crippen molar-refractivity contribution in [3.63, 3.8) is 0 Å². The highest BCUT2D eigenvalue weighted by atomic mass is 16.5. The Bertz CT molecular complexity index is 197. The normalized spacial score (nSPS) is 12.8. The number of rotatable bonds is 10. The van der Waals surface area contributed by atoms with Crippen LogP contribution in [0, 0.1) is 5.92 Å². The summed E-state index contributed by atoms with van der Waals surface area (Å²) in [6.07, 6.45) is -0.205. The maximum absolute atomic E-state index is 11.0. The zero-order valence-electron chi connectivity index (χ0n) is 11.1. The fourth-order valence-corrected chi connectivity index (χ4v) is 1.19. The third-order valence-corrected chi connectivity index (χ3v) is 1.95. The molecule has 1 unspecified atom stereocenters. The van der Waals surface area contributed by atoms with Crippen molar-refractivity contribution >= 4 is 5.97 Å². The topological polar surface area (TPSA) is 67.8 Å². The maximum atomic E-state index is 11.0. The molecule has 0 saturated carbocycles. The van der Waals surface area contributed by atoms with E-state index in [0.29, 0.717) is 45.2 Å². The second kappa shape index (κ2) is 10.5. The highest BCUT2D eigenvalue weighted by Crippen LogP contribution is 1.93. The van der Waals surface area contributed by atoms with E-state index >= 15 is 0 Å². The van der Waals surface area contributed by atoms with E-state index in [1.165, 1.54) is 0 Å². The van der Waals surface area contributed by atoms with Gasteiger partial charge < -0.3 is 19.9 Å². The molecule has 17 heavy (non-hydrogen) atoms. The first-order chi connectivity index (χ1) is 8.06. The van der Waals surface area contributed by atoms with Crippen LogP contribution >= 0.6 is 0 Å². The lowest BCUT2D eigenvalue weighted by Gasteiger charge is -2.13. The molecule has 0 aromatic rings. The molecule has 0 saturated heterocycles. The van der Waals surface area contributed by atoms with Crippen LogP contribution in [0.4, 0.5) is 0 Å². The van der Waals surface area contributed by atoms with Crippen LogP contribution < -0.4 is 5.32 Å². The van der Waals surface area contributed by atoms with Gasteiger partial charge in [-0.1, -0.05) is 13.8 Å². The second-order valence-corrected chi connectivity index (χ2v) is 4.34. The van der Waals surface area contributed by atoms with Crippen molar-refractivity contribution in [2.24, 2.45) is 5.92 Å². The number of carbonyl (C=O) groups is 1. The summed E-state index contributed by atoms with van der Waals surface area (Å²) in [7, 11) is 0. The molecule has 0 aliphatic heterocycles. The number of nitrogens with one attached hydrogen (secondary N) is 1. The van der Waals surface area contributed by atoms with E-state index in [0.717, 1.165) is 0 Å². The molecular formula is C12H25NO4. The summed E-state index contributed by atoms with van der Waals surface area (Å²) in [6, 6.07) is 0. The highest BCUT2D eigenvalue weighted by molar-refractivity contribution is 5.69. The summed E-state index contributed by atoms with van der Waals surface area (Å²) in [6.45, 7) is 8.22. The number of ether oxygens (including phenoxy) is 2. The third kappa shape index (κ3) is 11.6. The van der Waals surface area contributed by atoms with Crippen LogP contribution in [-0.4, -0.2) is 50.1 Å². The molecule has 0 aliphatic rings. The molecule has 0 heterocycles. The van der Waals surface area contributed by atoms with Crippen molar-refractivity contribution in [2.75, 3.05) is 32.9 Å². The molecule has 5 heteroatoms. The van der Waals surface area contributed by atoms with E-state index in [9.17, 15) is 9.90 Å². The predicted octanol–water partition coefficient (Wildman–Crippen LogP) is 0.563. The van der Waals surface area contributed by atoms with Gasteiger partial charge in [0.25, 0.3) is 0 Å². The molecule has 0 radical (unpaired) electrons. The van der Waals surface area contributed by atoms with Crippen LogP contribution in [0.25, 0.3) is 0 Å². The molecule has 0 rings (SSSR count). The molecule has 0 bridgehead atoms. The van der Waals surface area contributed by atoms with Crippen molar-refractivity contribution < 1.29 is 19.4 Å². The highest BCUT2D eigenvalue weighted by Gasteiger charge is 2.05. The molecule has 0 aromatic heterocycles. The Balaban J connectivity index is 3.32. The smallest absolute Gasteiger partial charge is 0.307 e. The molecule has 2 N–H and O–H groups in total. The molecular weight excluding hydrogens is 222 g/mol. The molecule has 0 aromatic carbocycles. The SMILES string of the molecule is CCOC(=O)CCNCC(O)COCC(C)C. The Hall–Kier alpha value is -0.650. The molecule has 0 amide bonds. The standard InChI is InChI=1S/C12H25NO4/c1-4-17-12(15)5-6-13-7-11(14)9-16-8-10(2)3/h10-11,13-14H,4-9H2,1-3H3. The number of aliphatic hydroxyl groups excluding tert-OH is 1. The molecule has 5 nitrogen and oxygen atoms in total. The minimum absolute atomic E-state index is 0.217. The number of esters is 1. The monoisotopic (exact) mass is 247 g/mol. The Morgan fingerprint density at radius 1 is 1.35 bits per heavy atom. The van der Waals surface area contributed by atoms with Crippen LogP contribution in [-0.2, 0) is 14.3 Å². The maximum Gasteiger partial charge on any atom is 0.307 e. The van der Waals surface area contributed by atoms with Crippen LogP contribution in [0.15, 0.2) is 0 Å². The van der Waals surface area contributed by atoms with E-state index in [4.69, 9.17) is 9.47 Å². The van der Waals surface area contributed by atoms with Gasteiger partial charge in [0.2, 0.25) is 0 Å². The molecule has 102 valence electrons. The Labute approximate surface area is 103 Å². The largest absolute Gasteiger partial charge is 0.466 e. The van der Waals surface area contributed by atoms with Crippen molar-refractivity contribution in [3.8, 4) is 0 Å². The first-order valence-corrected chi connectivity index (χ1v) is 6.18. The van der Waals surface area contributed by atoms with Gasteiger partial charge in [0.1, 0.15) is 0 Å². The van der Waals surface area contributed by atoms with E-state index in [2.05, 4.69) is 19.2 Å². The Morgan fingerprint density at radius 3 is 2.65 bits per heavy atom. The second-order valence-electron chi connectivity index (χ2n) is 4.34. The molecule has 1 atom stereocenters. The first kappa shape index (κ1) is 16.4. The van der Waals surface area contributed by atoms with Gasteiger partial charge in [0.05, 0.1) is 25.7 Å². The minimum atomic E-state index is -0.532. The Kier molecular flexibility index (Phi) is 10.1. The average Bonchev–Trinajstić information content (AvgIpc) is 2.24. The summed E-state index contributed by atoms with van der Waals surface area (Å²) in [5, 5.41) is 12.5. The third-order valence-electron chi connectivity index (χ3n) is 1.95. The summed E-state index contributed by atoms with van der Waals surface area (Å²) in [5.74, 6) is 0.254. The summed E-state index contributed by atoms with van der Waals surface area (Å²) < 4.78 is 10.1. The van der Waals surface area contributed by atoms with E-state index in [1.54, 1.807) is 6.92 Å². The lowest BCUT2D eigenvalue weighted by atomic mass is 10.2. The van der Waals surface area contributed by atoms with Gasteiger partial charge in [0.15, 0.2) is 0 Å². The van der Waals surface area contributed by atoms with Gasteiger partial charge in [-0.05, 0) is 12.8 Å². The van der Waals surface area contributed by atoms with Crippen molar-refractivity contribution in [3.05, 3.63) is 0 Å². The first-order valence-electron chi connectivity index (χ1n) is 6.18. The van der Waals surface area contributed by atoms with Crippen LogP contribution in [0.1, 0.15) is 27.2 Å². The van der Waals surface area contributed by atoms with Crippen molar-refractivity contribution in [1.29, 1.82) is 0 Å². The van der Waals surface area contributed by atoms with Crippen molar-refractivity contribution in [1.82, 2.24) is 5.32 Å². The lowest BCUT2D eigenvalue weighted by molar-refractivity contribution is -0.143. The molecule has 0 spiro atoms. The number of hydrogen-bond donors (Lipinski definition) is 2. The van der Waals surface area contributed by atoms with Crippen molar-refractivity contribution in [2.45, 2.75) is 33.3 Å². The molecule has 0 fully saturated rings. The van der Waals surface area contributed by atoms with Gasteiger partial charge in [-0.25, -0.2) is 0 Å². The summed E-state index contributed by atoms with van der Waals surface area (Å²) >= 11 is 0. The minimum Gasteiger partial charge on any atom is -0.466 e. The predicted molar refractivity (Wildman–Crippen MR) is 65.8 cm³/mol. The summed E-state index contributed by atoms with van der Waals surface area (Å²) in [5.41, 5.74) is 0. The van der Waals surface area contributed by atoms with Gasteiger partial charge >= 0.3 is 5.97 Å². The van der Waals surface area contributed by atoms with Gasteiger partial charge in [0, 0.05) is 19.7 Å². The van der Waals surface area contributed by atoms with Gasteiger partial charge in [-0.3, -0.25) is 4.79 Å². The molecule has 0 aliphatic carbocycles. The Morgan fingerprint density at radius 2 is 2.06 bits per heavy atom. The van der Waals surface area contributed by atoms with Crippen LogP contribution in [0.5, 0.6) is 0 Å². The van der Waals surface area contributed by atoms with E-state index in [-0.39, 0.29) is 5.97 Å². The van der Waals surface area contributed by atoms with E-state index in [1.807, 2.05) is 0 Å². The fourth-order valence-electron chi connectivity index (χ4n) is 1.19. The van der Waals surface area contributed by atoms with Gasteiger partial charge in [-0.2, -0.15) is 0 Å². The van der Waals surface area contributed by atoms with E-state index < -0.39 is 6.10 Å². The number of hydrogen-bond acceptors (Lipinski definition) is 5. The lowest BCUT2D eigenvalue weighted by Crippen LogP contribution is -2.32. The zero-order valence-corrected chi connectivity index (χ0v) is 11.1. The van der Waals surface area contributed by atoms with Crippen LogP contribution in [0.3, 0.4) is 0 Å². The van der Waals surface area contributed by atoms with Gasteiger partial charge in [-0.15, -0.1) is 0 Å². The fraction of sp³-hybridized carbons (Fsp3) is 0.917. The number of carbonyl (C=O) groups excluding carboxylic acids is 1. The summed E-state index contributed by atoms with van der Waals surface area (Å²) in [4.78, 5) is 11.0. The quantitative estimate of drug-likeness (QED) is 0.436. The van der Waals surface area contributed by atoms with Crippen LogP contribution in [0.2, 0.25) is 0 Å².